The van der Waals surface area contributed by atoms with Crippen molar-refractivity contribution in [2.75, 3.05) is 35.4 Å². The second-order valence-electron chi connectivity index (χ2n) is 14.0. The van der Waals surface area contributed by atoms with Crippen molar-refractivity contribution in [3.8, 4) is 11.4 Å². The smallest absolute Gasteiger partial charge is 0.424 e. The maximum atomic E-state index is 14.1. The number of urea groups is 2. The number of aromatic amines is 2. The van der Waals surface area contributed by atoms with Gasteiger partial charge in [0, 0.05) is 26.0 Å². The maximum absolute atomic E-state index is 14.1. The number of hydrogen-bond acceptors (Lipinski definition) is 16. The van der Waals surface area contributed by atoms with Gasteiger partial charge in [-0.1, -0.05) is 35.3 Å². The molecule has 4 heterocycles. The molecule has 8 aromatic rings. The predicted octanol–water partition coefficient (Wildman–Crippen LogP) is 4.42. The number of sulfonamides is 2. The van der Waals surface area contributed by atoms with Gasteiger partial charge in [-0.3, -0.25) is 14.4 Å². The molecule has 0 aliphatic carbocycles. The van der Waals surface area contributed by atoms with E-state index in [0.717, 1.165) is 43.9 Å². The first-order valence-electron chi connectivity index (χ1n) is 19.9. The summed E-state index contributed by atoms with van der Waals surface area (Å²) in [4.78, 5) is 80.0. The number of anilines is 4. The van der Waals surface area contributed by atoms with Crippen molar-refractivity contribution in [2.45, 2.75) is 15.3 Å². The Morgan fingerprint density at radius 1 is 0.685 bits per heavy atom. The third-order valence-electron chi connectivity index (χ3n) is 9.43. The van der Waals surface area contributed by atoms with E-state index in [4.69, 9.17) is 28.4 Å². The minimum Gasteiger partial charge on any atom is -0.424 e. The molecule has 0 aliphatic heterocycles. The first-order valence-corrected chi connectivity index (χ1v) is 25.2. The summed E-state index contributed by atoms with van der Waals surface area (Å²) in [6.45, 7) is 1.64. The number of carbonyl (C=O) groups is 2. The van der Waals surface area contributed by atoms with Gasteiger partial charge in [0.1, 0.15) is 20.1 Å². The fourth-order valence-corrected chi connectivity index (χ4v) is 10.9. The Labute approximate surface area is 450 Å². The normalized spacial score (nSPS) is 11.1. The number of carbonyl (C=O) groups excluding carboxylic acids is 2. The number of oxime groups is 1. The monoisotopic (exact) mass is 1130 g/mol. The van der Waals surface area contributed by atoms with E-state index < -0.39 is 66.2 Å². The summed E-state index contributed by atoms with van der Waals surface area (Å²) in [6.07, 6.45) is 1.31. The van der Waals surface area contributed by atoms with Crippen LogP contribution in [0.4, 0.5) is 41.1 Å². The molecule has 8 rings (SSSR count). The molecule has 0 fully saturated rings. The number of aromatic nitrogens is 4. The Hall–Kier alpha value is -6.89. The molecule has 0 unspecified atom stereocenters. The Morgan fingerprint density at radius 3 is 1.48 bits per heavy atom. The molecule has 376 valence electrons. The number of thiophene rings is 2. The van der Waals surface area contributed by atoms with Gasteiger partial charge in [0.05, 0.1) is 53.2 Å². The van der Waals surface area contributed by atoms with Crippen LogP contribution in [0.1, 0.15) is 6.92 Å². The van der Waals surface area contributed by atoms with Crippen LogP contribution in [-0.4, -0.2) is 73.5 Å². The average molecular weight is 1130 g/mol. The van der Waals surface area contributed by atoms with Gasteiger partial charge in [-0.15, -0.1) is 27.8 Å². The van der Waals surface area contributed by atoms with Gasteiger partial charge >= 0.3 is 47.0 Å². The van der Waals surface area contributed by atoms with Crippen molar-refractivity contribution in [2.24, 2.45) is 5.16 Å². The number of halogens is 4. The molecule has 4 aromatic carbocycles. The summed E-state index contributed by atoms with van der Waals surface area (Å²) < 4.78 is 83.8. The Morgan fingerprint density at radius 2 is 1.10 bits per heavy atom. The molecule has 31 heteroatoms. The molecule has 4 aromatic heterocycles. The number of benzene rings is 4. The molecule has 4 amide bonds. The van der Waals surface area contributed by atoms with E-state index in [2.05, 4.69) is 41.1 Å². The third-order valence-corrected chi connectivity index (χ3v) is 15.4. The van der Waals surface area contributed by atoms with E-state index in [9.17, 15) is 54.4 Å². The van der Waals surface area contributed by atoms with E-state index in [-0.39, 0.29) is 103 Å². The number of rotatable bonds is 10. The molecule has 0 bridgehead atoms. The number of H-pyrrole nitrogens is 2. The summed E-state index contributed by atoms with van der Waals surface area (Å²) in [6, 6.07) is 18.6. The number of hydrogen-bond donors (Lipinski definition) is 8. The fourth-order valence-electron chi connectivity index (χ4n) is 6.22. The summed E-state index contributed by atoms with van der Waals surface area (Å²) >= 11 is 13.0. The molecular formula is C42H34Cl2F2N11NaO11S4. The van der Waals surface area contributed by atoms with Crippen LogP contribution >= 0.6 is 45.9 Å². The van der Waals surface area contributed by atoms with Gasteiger partial charge in [-0.05, 0) is 97.5 Å². The quantitative estimate of drug-likeness (QED) is 0.0408. The molecular weight excluding hydrogens is 1090 g/mol. The molecule has 0 atom stereocenters. The fraction of sp³-hybridized carbons (Fsp3) is 0.0714. The molecule has 0 saturated carbocycles. The molecule has 0 saturated heterocycles. The van der Waals surface area contributed by atoms with Crippen molar-refractivity contribution in [3.05, 3.63) is 164 Å². The van der Waals surface area contributed by atoms with Crippen molar-refractivity contribution in [3.63, 3.8) is 0 Å². The SMILES string of the molecule is C/C=N/O.CNc1cc2[nH]c(=O)n(-c3ccc(NC(=O)NS(=O)(=O)c4ccc(Cl)s4)cc3)c(=O)c2cc1F.CNc1cc2[nH]c(=O)n(-c3ccc(NC(=O)[N-]S(=O)(=O)c4ccc(Cl)s4)cc3)c(=O)c2cc1F.[Na+]. The van der Waals surface area contributed by atoms with Crippen LogP contribution in [0.15, 0.2) is 130 Å². The van der Waals surface area contributed by atoms with Crippen molar-refractivity contribution in [1.29, 1.82) is 0 Å². The van der Waals surface area contributed by atoms with Crippen LogP contribution in [0.5, 0.6) is 0 Å². The number of amides is 4. The Kier molecular flexibility index (Phi) is 18.9. The minimum atomic E-state index is -4.23. The summed E-state index contributed by atoms with van der Waals surface area (Å²) in [5.74, 6) is -1.32. The predicted molar refractivity (Wildman–Crippen MR) is 273 cm³/mol. The van der Waals surface area contributed by atoms with E-state index in [1.165, 1.54) is 105 Å². The first-order chi connectivity index (χ1) is 34.1. The van der Waals surface area contributed by atoms with E-state index in [1.54, 1.807) is 6.92 Å². The van der Waals surface area contributed by atoms with Crippen LogP contribution in [0.3, 0.4) is 0 Å². The van der Waals surface area contributed by atoms with Gasteiger partial charge in [0.25, 0.3) is 21.1 Å². The molecule has 0 radical (unpaired) electrons. The van der Waals surface area contributed by atoms with Crippen LogP contribution in [-0.2, 0) is 20.0 Å². The largest absolute Gasteiger partial charge is 1.00 e. The van der Waals surface area contributed by atoms with Crippen molar-refractivity contribution in [1.82, 2.24) is 23.8 Å². The van der Waals surface area contributed by atoms with E-state index >= 15 is 0 Å². The van der Waals surface area contributed by atoms with Crippen LogP contribution < -0.4 is 78.0 Å². The zero-order valence-electron chi connectivity index (χ0n) is 37.8. The number of fused-ring (bicyclic) bond motifs is 2. The minimum absolute atomic E-state index is 0. The molecule has 73 heavy (non-hydrogen) atoms. The molecule has 22 nitrogen and oxygen atoms in total. The molecule has 8 N–H and O–H groups in total. The standard InChI is InChI=1S/2C20H15ClFN5O5S2.C2H5NO.Na/c2*1-23-15-9-14-12(8-13(15)22)18(28)27(20(30)25-14)11-4-2-10(3-5-11)24-19(29)26-34(31,32)17-7-6-16(21)33-17;1-2-3-4;/h2-9H,1H3,(H4,23,24,25,26,28,29,30);2-9,23H,1H3,(H,25,30)(H2,24,26,29);2,4H,1H3;/q;;;+1/p-1/b;;3-2+;. The maximum Gasteiger partial charge on any atom is 1.00 e. The van der Waals surface area contributed by atoms with Crippen LogP contribution in [0.2, 0.25) is 8.67 Å². The zero-order chi connectivity index (χ0) is 52.7. The van der Waals surface area contributed by atoms with Gasteiger partial charge in [0.15, 0.2) is 6.03 Å². The zero-order valence-corrected chi connectivity index (χ0v) is 44.6. The van der Waals surface area contributed by atoms with Crippen LogP contribution in [0, 0.1) is 11.6 Å². The van der Waals surface area contributed by atoms with Crippen molar-refractivity contribution < 1.29 is 70.0 Å². The number of nitrogens with zero attached hydrogens (tertiary/aromatic N) is 4. The van der Waals surface area contributed by atoms with Gasteiger partial charge in [-0.25, -0.2) is 53.9 Å². The first kappa shape index (κ1) is 57.0. The second kappa shape index (κ2) is 24.2. The Balaban J connectivity index is 0.000000249. The third kappa shape index (κ3) is 13.6. The topological polar surface area (TPSA) is 319 Å². The summed E-state index contributed by atoms with van der Waals surface area (Å²) in [7, 11) is -5.32. The second-order valence-corrected chi connectivity index (χ2v) is 21.2. The molecule has 0 aliphatic rings. The number of nitrogens with one attached hydrogen (secondary N) is 7. The molecule has 0 spiro atoms. The van der Waals surface area contributed by atoms with Crippen molar-refractivity contribution >= 4 is 129 Å². The Bertz CT molecular complexity index is 3640. The van der Waals surface area contributed by atoms with Gasteiger partial charge in [0.2, 0.25) is 10.0 Å². The van der Waals surface area contributed by atoms with Gasteiger partial charge in [-0.2, -0.15) is 0 Å². The van der Waals surface area contributed by atoms with Crippen LogP contribution in [0.25, 0.3) is 37.9 Å². The van der Waals surface area contributed by atoms with E-state index in [1.807, 2.05) is 4.72 Å². The summed E-state index contributed by atoms with van der Waals surface area (Å²) in [5.41, 5.74) is -1.76. The average Bonchev–Trinajstić information content (AvgIpc) is 3.99. The van der Waals surface area contributed by atoms with E-state index in [0.29, 0.717) is 0 Å². The summed E-state index contributed by atoms with van der Waals surface area (Å²) in [5, 5.41) is 19.9. The van der Waals surface area contributed by atoms with Gasteiger partial charge < -0.3 is 41.2 Å².